The Hall–Kier alpha value is -1.69. The maximum atomic E-state index is 13.1. The van der Waals surface area contributed by atoms with Gasteiger partial charge in [0.1, 0.15) is 0 Å². The summed E-state index contributed by atoms with van der Waals surface area (Å²) in [6.45, 7) is 2.63. The summed E-state index contributed by atoms with van der Waals surface area (Å²) >= 11 is 0. The van der Waals surface area contributed by atoms with Crippen molar-refractivity contribution < 1.29 is 13.7 Å². The molecule has 0 amide bonds. The third kappa shape index (κ3) is 2.71. The molecule has 5 nitrogen and oxygen atoms in total. The number of aromatic nitrogens is 1. The van der Waals surface area contributed by atoms with Crippen molar-refractivity contribution in [1.82, 2.24) is 4.90 Å². The molecule has 1 saturated heterocycles. The summed E-state index contributed by atoms with van der Waals surface area (Å²) in [6, 6.07) is 2.74. The highest BCUT2D eigenvalue weighted by molar-refractivity contribution is 5.68. The third-order valence-corrected chi connectivity index (χ3v) is 2.69. The van der Waals surface area contributed by atoms with E-state index in [0.29, 0.717) is 25.6 Å². The lowest BCUT2D eigenvalue weighted by atomic mass is 10.4. The molecule has 1 aromatic rings. The lowest BCUT2D eigenvalue weighted by Gasteiger charge is -2.17. The summed E-state index contributed by atoms with van der Waals surface area (Å²) in [7, 11) is 0. The molecular formula is C11H16FN4O+. The van der Waals surface area contributed by atoms with Crippen LogP contribution >= 0.6 is 0 Å². The van der Waals surface area contributed by atoms with Gasteiger partial charge in [-0.25, -0.2) is 4.39 Å². The van der Waals surface area contributed by atoms with Gasteiger partial charge in [0, 0.05) is 12.7 Å². The highest BCUT2D eigenvalue weighted by atomic mass is 19.1. The van der Waals surface area contributed by atoms with Crippen LogP contribution in [0.5, 0.6) is 0 Å². The van der Waals surface area contributed by atoms with E-state index in [0.717, 1.165) is 13.0 Å². The summed E-state index contributed by atoms with van der Waals surface area (Å²) in [4.78, 5) is 1.84. The van der Waals surface area contributed by atoms with Gasteiger partial charge in [-0.05, 0) is 12.5 Å². The van der Waals surface area contributed by atoms with E-state index in [1.54, 1.807) is 0 Å². The summed E-state index contributed by atoms with van der Waals surface area (Å²) in [5, 5.41) is 8.05. The van der Waals surface area contributed by atoms with Crippen LogP contribution < -0.4 is 10.3 Å². The van der Waals surface area contributed by atoms with E-state index >= 15 is 0 Å². The molecule has 1 fully saturated rings. The quantitative estimate of drug-likeness (QED) is 0.386. The number of anilines is 1. The molecule has 0 saturated carbocycles. The Morgan fingerprint density at radius 3 is 3.06 bits per heavy atom. The van der Waals surface area contributed by atoms with Crippen molar-refractivity contribution >= 4 is 11.8 Å². The number of pyridine rings is 1. The van der Waals surface area contributed by atoms with E-state index < -0.39 is 5.82 Å². The van der Waals surface area contributed by atoms with Gasteiger partial charge >= 0.3 is 5.96 Å². The molecule has 6 heteroatoms. The first-order chi connectivity index (χ1) is 8.18. The molecule has 0 unspecified atom stereocenters. The van der Waals surface area contributed by atoms with E-state index in [-0.39, 0.29) is 5.96 Å². The highest BCUT2D eigenvalue weighted by Gasteiger charge is 2.21. The molecular weight excluding hydrogens is 223 g/mol. The summed E-state index contributed by atoms with van der Waals surface area (Å²) < 4.78 is 19.8. The van der Waals surface area contributed by atoms with Gasteiger partial charge in [-0.3, -0.25) is 4.90 Å². The smallest absolute Gasteiger partial charge is 0.346 e. The molecule has 17 heavy (non-hydrogen) atoms. The fourth-order valence-corrected chi connectivity index (χ4v) is 1.78. The van der Waals surface area contributed by atoms with Gasteiger partial charge in [-0.1, -0.05) is 0 Å². The van der Waals surface area contributed by atoms with Gasteiger partial charge in [0.2, 0.25) is 0 Å². The average molecular weight is 239 g/mol. The van der Waals surface area contributed by atoms with Crippen LogP contribution in [0.1, 0.15) is 6.42 Å². The Labute approximate surface area is 99.1 Å². The molecule has 2 rings (SSSR count). The monoisotopic (exact) mass is 239 g/mol. The normalized spacial score (nSPS) is 16.6. The second kappa shape index (κ2) is 5.09. The van der Waals surface area contributed by atoms with Crippen LogP contribution in [0.2, 0.25) is 0 Å². The minimum Gasteiger partial charge on any atom is -0.378 e. The first-order valence-corrected chi connectivity index (χ1v) is 5.57. The largest absolute Gasteiger partial charge is 0.378 e. The Morgan fingerprint density at radius 1 is 1.41 bits per heavy atom. The summed E-state index contributed by atoms with van der Waals surface area (Å²) in [5.74, 6) is 0.129. The Kier molecular flexibility index (Phi) is 3.53. The van der Waals surface area contributed by atoms with E-state index in [4.69, 9.17) is 15.9 Å². The van der Waals surface area contributed by atoms with Crippen molar-refractivity contribution in [3.8, 4) is 0 Å². The van der Waals surface area contributed by atoms with Crippen molar-refractivity contribution in [3.63, 3.8) is 0 Å². The van der Waals surface area contributed by atoms with Crippen LogP contribution in [0.4, 0.5) is 10.2 Å². The summed E-state index contributed by atoms with van der Waals surface area (Å²) in [6.07, 6.45) is 2.08. The topological polar surface area (TPSA) is 66.2 Å². The zero-order valence-electron chi connectivity index (χ0n) is 9.53. The number of ether oxygens (including phenoxy) is 1. The molecule has 92 valence electrons. The Bertz CT molecular complexity index is 416. The lowest BCUT2D eigenvalue weighted by Crippen LogP contribution is -2.55. The molecule has 0 aliphatic carbocycles. The fourth-order valence-electron chi connectivity index (χ4n) is 1.78. The van der Waals surface area contributed by atoms with Crippen molar-refractivity contribution in [1.29, 1.82) is 5.41 Å². The number of nitrogens with two attached hydrogens (primary N) is 1. The van der Waals surface area contributed by atoms with E-state index in [1.807, 2.05) is 4.90 Å². The standard InChI is InChI=1S/C11H15FN4O/c12-9-2-3-10(13)16(8-9)11(14)15-4-1-6-17-7-5-15/h2-3,8,13-14H,1,4-7H2/p+1. The van der Waals surface area contributed by atoms with E-state index in [2.05, 4.69) is 0 Å². The van der Waals surface area contributed by atoms with Gasteiger partial charge in [0.05, 0.1) is 25.9 Å². The van der Waals surface area contributed by atoms with Gasteiger partial charge in [-0.15, -0.1) is 0 Å². The van der Waals surface area contributed by atoms with Crippen LogP contribution in [0.15, 0.2) is 18.3 Å². The number of nitrogens with one attached hydrogen (secondary N) is 1. The first-order valence-electron chi connectivity index (χ1n) is 5.57. The number of hydrogen-bond donors (Lipinski definition) is 2. The first kappa shape index (κ1) is 11.8. The highest BCUT2D eigenvalue weighted by Crippen LogP contribution is 2.02. The van der Waals surface area contributed by atoms with Gasteiger partial charge in [0.15, 0.2) is 11.6 Å². The van der Waals surface area contributed by atoms with Gasteiger partial charge in [-0.2, -0.15) is 9.98 Å². The minimum absolute atomic E-state index is 0.188. The Morgan fingerprint density at radius 2 is 2.24 bits per heavy atom. The average Bonchev–Trinajstić information content (AvgIpc) is 2.60. The molecule has 2 heterocycles. The maximum absolute atomic E-state index is 13.1. The van der Waals surface area contributed by atoms with Crippen molar-refractivity contribution in [2.75, 3.05) is 32.0 Å². The molecule has 3 N–H and O–H groups in total. The molecule has 0 bridgehead atoms. The zero-order chi connectivity index (χ0) is 12.3. The van der Waals surface area contributed by atoms with Crippen molar-refractivity contribution in [2.45, 2.75) is 6.42 Å². The number of nitrogens with zero attached hydrogens (tertiary/aromatic N) is 2. The van der Waals surface area contributed by atoms with E-state index in [1.165, 1.54) is 22.9 Å². The zero-order valence-corrected chi connectivity index (χ0v) is 9.53. The molecule has 1 aliphatic heterocycles. The van der Waals surface area contributed by atoms with Gasteiger partial charge < -0.3 is 10.5 Å². The van der Waals surface area contributed by atoms with Crippen LogP contribution in [0.3, 0.4) is 0 Å². The maximum Gasteiger partial charge on any atom is 0.346 e. The molecule has 1 aromatic heterocycles. The Balaban J connectivity index is 2.20. The summed E-state index contributed by atoms with van der Waals surface area (Å²) in [5.41, 5.74) is 5.73. The number of rotatable bonds is 0. The predicted octanol–water partition coefficient (Wildman–Crippen LogP) is 0.201. The second-order valence-electron chi connectivity index (χ2n) is 3.92. The molecule has 0 radical (unpaired) electrons. The van der Waals surface area contributed by atoms with E-state index in [9.17, 15) is 4.39 Å². The van der Waals surface area contributed by atoms with Crippen molar-refractivity contribution in [3.05, 3.63) is 24.1 Å². The van der Waals surface area contributed by atoms with Crippen LogP contribution in [-0.4, -0.2) is 37.2 Å². The SMILES string of the molecule is N=C(N1CCCOCC1)[n+]1cc(F)ccc1N. The third-order valence-electron chi connectivity index (χ3n) is 2.69. The second-order valence-corrected chi connectivity index (χ2v) is 3.92. The van der Waals surface area contributed by atoms with Crippen LogP contribution in [-0.2, 0) is 4.74 Å². The number of nitrogen functional groups attached to an aromatic ring is 1. The van der Waals surface area contributed by atoms with Crippen molar-refractivity contribution in [2.24, 2.45) is 0 Å². The predicted molar refractivity (Wildman–Crippen MR) is 61.1 cm³/mol. The van der Waals surface area contributed by atoms with Crippen LogP contribution in [0, 0.1) is 11.2 Å². The lowest BCUT2D eigenvalue weighted by molar-refractivity contribution is -0.552. The number of hydrogen-bond acceptors (Lipinski definition) is 3. The van der Waals surface area contributed by atoms with Crippen LogP contribution in [0.25, 0.3) is 0 Å². The molecule has 0 atom stereocenters. The number of halogens is 1. The fraction of sp³-hybridized carbons (Fsp3) is 0.455. The van der Waals surface area contributed by atoms with Gasteiger partial charge in [0.25, 0.3) is 0 Å². The molecule has 0 spiro atoms. The molecule has 0 aromatic carbocycles. The molecule has 1 aliphatic rings. The minimum atomic E-state index is -0.407.